The molecule has 0 rings (SSSR count). The minimum Gasteiger partial charge on any atom is -0.480 e. The highest BCUT2D eigenvalue weighted by Crippen LogP contribution is 2.06. The monoisotopic (exact) mass is 392 g/mol. The van der Waals surface area contributed by atoms with Gasteiger partial charge in [-0.2, -0.15) is 12.6 Å². The van der Waals surface area contributed by atoms with Crippen molar-refractivity contribution in [2.45, 2.75) is 51.4 Å². The zero-order chi connectivity index (χ0) is 20.4. The summed E-state index contributed by atoms with van der Waals surface area (Å²) in [6, 6.07) is -4.40. The van der Waals surface area contributed by atoms with Crippen LogP contribution in [0.4, 0.5) is 0 Å². The molecule has 0 aromatic heterocycles. The van der Waals surface area contributed by atoms with E-state index in [1.165, 1.54) is 6.92 Å². The Morgan fingerprint density at radius 3 is 1.77 bits per heavy atom. The number of nitrogens with two attached hydrogens (primary N) is 1. The number of carbonyl (C=O) groups excluding carboxylic acids is 3. The molecule has 0 aromatic rings. The predicted molar refractivity (Wildman–Crippen MR) is 97.5 cm³/mol. The van der Waals surface area contributed by atoms with E-state index in [2.05, 4.69) is 28.6 Å². The molecule has 150 valence electrons. The molecule has 0 aliphatic heterocycles. The zero-order valence-electron chi connectivity index (χ0n) is 15.1. The molecule has 0 fully saturated rings. The third-order valence-corrected chi connectivity index (χ3v) is 3.73. The van der Waals surface area contributed by atoms with Gasteiger partial charge in [-0.05, 0) is 19.3 Å². The van der Waals surface area contributed by atoms with Gasteiger partial charge >= 0.3 is 5.97 Å². The van der Waals surface area contributed by atoms with Crippen LogP contribution < -0.4 is 21.7 Å². The van der Waals surface area contributed by atoms with Crippen molar-refractivity contribution in [2.75, 3.05) is 12.4 Å². The number of carboxylic acid groups (broad SMARTS) is 1. The predicted octanol–water partition coefficient (Wildman–Crippen LogP) is -2.16. The molecule has 0 spiro atoms. The molecular weight excluding hydrogens is 364 g/mol. The number of hydrogen-bond acceptors (Lipinski definition) is 7. The van der Waals surface area contributed by atoms with E-state index in [1.807, 2.05) is 13.8 Å². The van der Waals surface area contributed by atoms with Crippen LogP contribution in [0.25, 0.3) is 0 Å². The number of aliphatic hydroxyl groups excluding tert-OH is 1. The Morgan fingerprint density at radius 1 is 0.923 bits per heavy atom. The van der Waals surface area contributed by atoms with Gasteiger partial charge in [0, 0.05) is 5.75 Å². The molecule has 0 saturated carbocycles. The summed E-state index contributed by atoms with van der Waals surface area (Å²) in [4.78, 5) is 47.2. The van der Waals surface area contributed by atoms with Crippen molar-refractivity contribution in [2.24, 2.45) is 11.7 Å². The highest BCUT2D eigenvalue weighted by molar-refractivity contribution is 7.80. The summed E-state index contributed by atoms with van der Waals surface area (Å²) in [5.41, 5.74) is 5.48. The van der Waals surface area contributed by atoms with Crippen molar-refractivity contribution in [3.63, 3.8) is 0 Å². The first-order valence-corrected chi connectivity index (χ1v) is 8.77. The summed E-state index contributed by atoms with van der Waals surface area (Å²) < 4.78 is 0. The lowest BCUT2D eigenvalue weighted by Crippen LogP contribution is -2.58. The summed E-state index contributed by atoms with van der Waals surface area (Å²) in [6.45, 7) is 4.41. The molecule has 0 heterocycles. The van der Waals surface area contributed by atoms with Gasteiger partial charge in [0.25, 0.3) is 0 Å². The lowest BCUT2D eigenvalue weighted by molar-refractivity contribution is -0.142. The second-order valence-electron chi connectivity index (χ2n) is 6.31. The molecule has 0 aliphatic carbocycles. The Hall–Kier alpha value is -1.85. The maximum absolute atomic E-state index is 12.4. The smallest absolute Gasteiger partial charge is 0.327 e. The van der Waals surface area contributed by atoms with Gasteiger partial charge in [0.05, 0.1) is 12.6 Å². The average molecular weight is 392 g/mol. The van der Waals surface area contributed by atoms with E-state index in [0.29, 0.717) is 6.42 Å². The summed E-state index contributed by atoms with van der Waals surface area (Å²) in [6.07, 6.45) is 0.290. The Kier molecular flexibility index (Phi) is 10.9. The van der Waals surface area contributed by atoms with Crippen LogP contribution in [0.2, 0.25) is 0 Å². The Bertz CT molecular complexity index is 514. The average Bonchev–Trinajstić information content (AvgIpc) is 2.55. The SMILES string of the molecule is CC(C)CC(NC(=O)C(C)N)C(=O)NC(CO)C(=O)NC(CS)C(=O)O. The fourth-order valence-corrected chi connectivity index (χ4v) is 2.18. The van der Waals surface area contributed by atoms with Crippen molar-refractivity contribution >= 4 is 36.3 Å². The molecule has 0 aliphatic rings. The number of hydrogen-bond donors (Lipinski definition) is 7. The normalized spacial score (nSPS) is 15.5. The number of carbonyl (C=O) groups is 4. The molecule has 7 N–H and O–H groups in total. The van der Waals surface area contributed by atoms with Crippen LogP contribution in [0, 0.1) is 5.92 Å². The highest BCUT2D eigenvalue weighted by Gasteiger charge is 2.29. The number of thiol groups is 1. The van der Waals surface area contributed by atoms with E-state index in [-0.39, 0.29) is 11.7 Å². The summed E-state index contributed by atoms with van der Waals surface area (Å²) >= 11 is 3.82. The maximum Gasteiger partial charge on any atom is 0.327 e. The molecule has 0 saturated heterocycles. The third kappa shape index (κ3) is 8.50. The van der Waals surface area contributed by atoms with Crippen LogP contribution in [0.1, 0.15) is 27.2 Å². The van der Waals surface area contributed by atoms with Crippen molar-refractivity contribution in [3.05, 3.63) is 0 Å². The van der Waals surface area contributed by atoms with Gasteiger partial charge in [-0.25, -0.2) is 4.79 Å². The number of rotatable bonds is 11. The van der Waals surface area contributed by atoms with Gasteiger partial charge in [-0.3, -0.25) is 14.4 Å². The molecule has 10 nitrogen and oxygen atoms in total. The topological polar surface area (TPSA) is 171 Å². The van der Waals surface area contributed by atoms with Crippen molar-refractivity contribution in [1.82, 2.24) is 16.0 Å². The summed E-state index contributed by atoms with van der Waals surface area (Å²) in [5.74, 6) is -3.48. The first-order valence-electron chi connectivity index (χ1n) is 8.14. The Morgan fingerprint density at radius 2 is 1.38 bits per heavy atom. The van der Waals surface area contributed by atoms with E-state index in [4.69, 9.17) is 10.8 Å². The highest BCUT2D eigenvalue weighted by atomic mass is 32.1. The van der Waals surface area contributed by atoms with Crippen LogP contribution in [-0.4, -0.2) is 70.4 Å². The van der Waals surface area contributed by atoms with E-state index in [0.717, 1.165) is 0 Å². The van der Waals surface area contributed by atoms with Gasteiger partial charge in [-0.15, -0.1) is 0 Å². The van der Waals surface area contributed by atoms with Gasteiger partial charge in [0.15, 0.2) is 0 Å². The minimum atomic E-state index is -1.37. The number of nitrogens with one attached hydrogen (secondary N) is 3. The molecule has 0 bridgehead atoms. The number of aliphatic hydroxyl groups is 1. The number of amides is 3. The van der Waals surface area contributed by atoms with Crippen LogP contribution in [0.15, 0.2) is 0 Å². The largest absolute Gasteiger partial charge is 0.480 e. The number of carboxylic acids is 1. The Balaban J connectivity index is 5.06. The molecule has 4 atom stereocenters. The van der Waals surface area contributed by atoms with E-state index >= 15 is 0 Å². The summed E-state index contributed by atoms with van der Waals surface area (Å²) in [7, 11) is 0. The fourth-order valence-electron chi connectivity index (χ4n) is 1.93. The van der Waals surface area contributed by atoms with Gasteiger partial charge < -0.3 is 31.9 Å². The first kappa shape index (κ1) is 24.1. The van der Waals surface area contributed by atoms with Crippen molar-refractivity contribution in [3.8, 4) is 0 Å². The minimum absolute atomic E-state index is 0.0566. The van der Waals surface area contributed by atoms with Crippen LogP contribution in [0.5, 0.6) is 0 Å². The lowest BCUT2D eigenvalue weighted by atomic mass is 10.0. The lowest BCUT2D eigenvalue weighted by Gasteiger charge is -2.24. The standard InChI is InChI=1S/C15H28N4O6S/c1-7(2)4-9(17-12(21)8(3)16)13(22)18-10(5-20)14(23)19-11(6-26)15(24)25/h7-11,20,26H,4-6,16H2,1-3H3,(H,17,21)(H,18,22)(H,19,23)(H,24,25). The van der Waals surface area contributed by atoms with E-state index in [9.17, 15) is 24.3 Å². The van der Waals surface area contributed by atoms with Gasteiger partial charge in [0.2, 0.25) is 17.7 Å². The zero-order valence-corrected chi connectivity index (χ0v) is 16.0. The molecule has 26 heavy (non-hydrogen) atoms. The molecular formula is C15H28N4O6S. The Labute approximate surface area is 157 Å². The molecule has 11 heteroatoms. The molecule has 3 amide bonds. The second-order valence-corrected chi connectivity index (χ2v) is 6.67. The molecule has 4 unspecified atom stereocenters. The van der Waals surface area contributed by atoms with Gasteiger partial charge in [-0.1, -0.05) is 13.8 Å². The van der Waals surface area contributed by atoms with Crippen LogP contribution >= 0.6 is 12.6 Å². The number of aliphatic carboxylic acids is 1. The first-order chi connectivity index (χ1) is 12.0. The molecule has 0 aromatic carbocycles. The quantitative estimate of drug-likeness (QED) is 0.196. The van der Waals surface area contributed by atoms with E-state index in [1.54, 1.807) is 0 Å². The molecule has 0 radical (unpaired) electrons. The third-order valence-electron chi connectivity index (χ3n) is 3.37. The van der Waals surface area contributed by atoms with Gasteiger partial charge in [0.1, 0.15) is 18.1 Å². The van der Waals surface area contributed by atoms with Crippen molar-refractivity contribution < 1.29 is 29.4 Å². The maximum atomic E-state index is 12.4. The van der Waals surface area contributed by atoms with Crippen LogP contribution in [-0.2, 0) is 19.2 Å². The second kappa shape index (κ2) is 11.7. The summed E-state index contributed by atoms with van der Waals surface area (Å²) in [5, 5.41) is 25.2. The van der Waals surface area contributed by atoms with Crippen molar-refractivity contribution in [1.29, 1.82) is 0 Å². The van der Waals surface area contributed by atoms with E-state index < -0.39 is 54.5 Å². The van der Waals surface area contributed by atoms with Crippen LogP contribution in [0.3, 0.4) is 0 Å². The fraction of sp³-hybridized carbons (Fsp3) is 0.733.